The van der Waals surface area contributed by atoms with Gasteiger partial charge in [-0.25, -0.2) is 18.1 Å². The number of nitrogens with one attached hydrogen (secondary N) is 4. The second-order valence-corrected chi connectivity index (χ2v) is 26.5. The Kier molecular flexibility index (Phi) is 17.4. The van der Waals surface area contributed by atoms with Crippen molar-refractivity contribution in [3.05, 3.63) is 146 Å². The number of sulfonamides is 1. The third-order valence-corrected chi connectivity index (χ3v) is 19.5. The molecule has 86 heavy (non-hydrogen) atoms. The topological polar surface area (TPSA) is 267 Å². The van der Waals surface area contributed by atoms with Gasteiger partial charge in [0, 0.05) is 105 Å². The lowest BCUT2D eigenvalue weighted by atomic mass is 9.72. The van der Waals surface area contributed by atoms with Crippen LogP contribution in [0.25, 0.3) is 16.6 Å². The number of benzene rings is 4. The van der Waals surface area contributed by atoms with Crippen LogP contribution >= 0.6 is 23.4 Å². The number of allylic oxidation sites excluding steroid dienone is 1. The lowest BCUT2D eigenvalue weighted by molar-refractivity contribution is -0.384. The van der Waals surface area contributed by atoms with Crippen molar-refractivity contribution in [2.45, 2.75) is 87.5 Å². The molecule has 24 heteroatoms. The van der Waals surface area contributed by atoms with Gasteiger partial charge in [0.1, 0.15) is 28.9 Å². The van der Waals surface area contributed by atoms with Gasteiger partial charge in [-0.2, -0.15) is 0 Å². The number of ether oxygens (including phenoxy) is 1. The molecule has 0 saturated carbocycles. The summed E-state index contributed by atoms with van der Waals surface area (Å²) >= 11 is 7.61. The van der Waals surface area contributed by atoms with Crippen LogP contribution in [0.2, 0.25) is 5.02 Å². The number of thioether (sulfide) groups is 1. The normalized spacial score (nSPS) is 18.5. The third kappa shape index (κ3) is 13.1. The van der Waals surface area contributed by atoms with Crippen LogP contribution in [0.5, 0.6) is 11.5 Å². The fourth-order valence-corrected chi connectivity index (χ4v) is 14.1. The van der Waals surface area contributed by atoms with E-state index in [1.54, 1.807) is 41.4 Å². The highest BCUT2D eigenvalue weighted by Crippen LogP contribution is 2.44. The number of halogens is 1. The van der Waals surface area contributed by atoms with Crippen LogP contribution in [0.1, 0.15) is 108 Å². The van der Waals surface area contributed by atoms with Crippen molar-refractivity contribution in [2.24, 2.45) is 11.3 Å². The first-order valence-electron chi connectivity index (χ1n) is 28.8. The second-order valence-electron chi connectivity index (χ2n) is 23.2. The van der Waals surface area contributed by atoms with Gasteiger partial charge < -0.3 is 24.8 Å². The molecule has 4 aromatic carbocycles. The van der Waals surface area contributed by atoms with E-state index in [0.29, 0.717) is 79.1 Å². The molecular formula is C62H65ClN10O11S2. The van der Waals surface area contributed by atoms with Gasteiger partial charge in [0.05, 0.1) is 32.7 Å². The van der Waals surface area contributed by atoms with Gasteiger partial charge in [0.15, 0.2) is 0 Å². The maximum absolute atomic E-state index is 14.2. The van der Waals surface area contributed by atoms with E-state index in [-0.39, 0.29) is 64.6 Å². The van der Waals surface area contributed by atoms with E-state index in [9.17, 15) is 47.3 Å². The SMILES string of the molecule is CC1(C)CCC(CN2CCN(c3ccc(C(=O)NS(=O)(=O)c4ccc(NCC5CCN(C(=O)CCCSc6cccc7c6C(=O)N(C6CCC(=O)NC6=O)C7=O)CC5)c([N+](=O)[O-])c4)c(Oc4cnc5[nH]ccc5c4)c3)CC2)=C(c2ccc(Cl)cc2)C1. The molecule has 11 rings (SSSR count). The number of carbonyl (C=O) groups is 6. The summed E-state index contributed by atoms with van der Waals surface area (Å²) in [6.07, 6.45) is 8.40. The first-order valence-corrected chi connectivity index (χ1v) is 31.7. The number of anilines is 2. The monoisotopic (exact) mass is 1220 g/mol. The minimum Gasteiger partial charge on any atom is -0.455 e. The largest absolute Gasteiger partial charge is 0.455 e. The minimum atomic E-state index is -4.68. The second kappa shape index (κ2) is 25.1. The Hall–Kier alpha value is -8.12. The van der Waals surface area contributed by atoms with Crippen molar-refractivity contribution in [2.75, 3.05) is 68.3 Å². The number of pyridine rings is 1. The highest BCUT2D eigenvalue weighted by molar-refractivity contribution is 7.99. The number of piperidine rings is 2. The van der Waals surface area contributed by atoms with Gasteiger partial charge in [-0.15, -0.1) is 11.8 Å². The van der Waals surface area contributed by atoms with Crippen molar-refractivity contribution in [3.63, 3.8) is 0 Å². The number of piperazine rings is 1. The lowest BCUT2D eigenvalue weighted by Gasteiger charge is -2.39. The Balaban J connectivity index is 0.689. The highest BCUT2D eigenvalue weighted by Gasteiger charge is 2.46. The Morgan fingerprint density at radius 1 is 0.907 bits per heavy atom. The average molecular weight is 1230 g/mol. The van der Waals surface area contributed by atoms with Crippen molar-refractivity contribution in [3.8, 4) is 11.5 Å². The van der Waals surface area contributed by atoms with E-state index in [1.165, 1.54) is 58.9 Å². The molecule has 1 unspecified atom stereocenters. The fraction of sp³-hybridized carbons (Fsp3) is 0.371. The summed E-state index contributed by atoms with van der Waals surface area (Å²) in [7, 11) is -4.68. The molecule has 3 saturated heterocycles. The van der Waals surface area contributed by atoms with E-state index in [1.807, 2.05) is 18.2 Å². The standard InChI is InChI=1S/C62H65ClN10O11S2/c1-62(2)22-18-41(48(34-62)39-8-10-42(63)11-9-39)37-69-26-28-70(29-27-69)43-12-14-46(52(32-43)84-44-31-40-19-23-64-57(40)66-36-44)58(76)68-86(82,83)45-13-15-49(51(33-45)73(80)81)65-35-38-20-24-71(25-21-38)55(75)7-4-30-85-53-6-3-5-47-56(53)61(79)72(60(47)78)50-16-17-54(74)67-59(50)77/h3,5-6,8-15,19,23,31-33,36,38,50,65H,4,7,16-18,20-22,24-30,34-35,37H2,1-2H3,(H,64,66)(H,68,76)(H,67,74,77). The van der Waals surface area contributed by atoms with Crippen LogP contribution < -0.4 is 25.0 Å². The molecule has 6 heterocycles. The summed E-state index contributed by atoms with van der Waals surface area (Å²) < 4.78 is 36.4. The number of rotatable bonds is 19. The molecule has 1 atom stereocenters. The molecule has 21 nitrogen and oxygen atoms in total. The first-order chi connectivity index (χ1) is 41.3. The van der Waals surface area contributed by atoms with Crippen molar-refractivity contribution < 1.29 is 46.8 Å². The lowest BCUT2D eigenvalue weighted by Crippen LogP contribution is -2.54. The maximum atomic E-state index is 14.2. The Labute approximate surface area is 506 Å². The van der Waals surface area contributed by atoms with Gasteiger partial charge in [-0.3, -0.25) is 54.0 Å². The number of hydrogen-bond acceptors (Lipinski definition) is 16. The molecule has 1 aliphatic carbocycles. The summed E-state index contributed by atoms with van der Waals surface area (Å²) in [5, 5.41) is 19.3. The number of nitro benzene ring substituents is 1. The Morgan fingerprint density at radius 3 is 2.44 bits per heavy atom. The van der Waals surface area contributed by atoms with Crippen LogP contribution in [0.4, 0.5) is 17.1 Å². The smallest absolute Gasteiger partial charge is 0.293 e. The van der Waals surface area contributed by atoms with Crippen molar-refractivity contribution in [1.82, 2.24) is 34.7 Å². The van der Waals surface area contributed by atoms with E-state index in [0.717, 1.165) is 60.9 Å². The molecule has 0 spiro atoms. The van der Waals surface area contributed by atoms with Crippen LogP contribution in [-0.2, 0) is 24.4 Å². The van der Waals surface area contributed by atoms with E-state index < -0.39 is 61.1 Å². The number of likely N-dealkylation sites (tertiary alicyclic amines) is 1. The number of nitrogens with zero attached hydrogens (tertiary/aromatic N) is 6. The zero-order chi connectivity index (χ0) is 60.4. The van der Waals surface area contributed by atoms with Gasteiger partial charge in [0.2, 0.25) is 17.7 Å². The van der Waals surface area contributed by atoms with Crippen LogP contribution in [0.3, 0.4) is 0 Å². The van der Waals surface area contributed by atoms with Crippen LogP contribution in [0, 0.1) is 21.4 Å². The zero-order valence-corrected chi connectivity index (χ0v) is 50.0. The van der Waals surface area contributed by atoms with Gasteiger partial charge >= 0.3 is 0 Å². The number of amides is 6. The average Bonchev–Trinajstić information content (AvgIpc) is 2.23. The Bertz CT molecular complexity index is 3840. The number of fused-ring (bicyclic) bond motifs is 2. The predicted octanol–water partition coefficient (Wildman–Crippen LogP) is 9.45. The van der Waals surface area contributed by atoms with E-state index >= 15 is 0 Å². The van der Waals surface area contributed by atoms with Gasteiger partial charge in [-0.05, 0) is 134 Å². The quantitative estimate of drug-likeness (QED) is 0.0193. The van der Waals surface area contributed by atoms with Crippen LogP contribution in [-0.4, -0.2) is 138 Å². The van der Waals surface area contributed by atoms with E-state index in [2.05, 4.69) is 61.1 Å². The molecule has 4 N–H and O–H groups in total. The van der Waals surface area contributed by atoms with Crippen LogP contribution in [0.15, 0.2) is 119 Å². The summed E-state index contributed by atoms with van der Waals surface area (Å²) in [5.41, 5.74) is 5.54. The molecule has 6 aromatic rings. The molecule has 0 radical (unpaired) electrons. The van der Waals surface area contributed by atoms with Crippen molar-refractivity contribution >= 4 is 102 Å². The molecule has 6 amide bonds. The fourth-order valence-electron chi connectivity index (χ4n) is 12.0. The van der Waals surface area contributed by atoms with E-state index in [4.69, 9.17) is 16.3 Å². The molecule has 2 aromatic heterocycles. The van der Waals surface area contributed by atoms with Crippen molar-refractivity contribution in [1.29, 1.82) is 0 Å². The third-order valence-electron chi connectivity index (χ3n) is 16.8. The number of imide groups is 2. The molecule has 5 aliphatic rings. The zero-order valence-electron chi connectivity index (χ0n) is 47.6. The summed E-state index contributed by atoms with van der Waals surface area (Å²) in [5.74, 6) is -2.43. The Morgan fingerprint density at radius 2 is 1.69 bits per heavy atom. The molecule has 448 valence electrons. The first kappa shape index (κ1) is 59.6. The maximum Gasteiger partial charge on any atom is 0.293 e. The summed E-state index contributed by atoms with van der Waals surface area (Å²) in [4.78, 5) is 105. The molecule has 3 fully saturated rings. The number of carbonyl (C=O) groups excluding carboxylic acids is 6. The van der Waals surface area contributed by atoms with Gasteiger partial charge in [-0.1, -0.05) is 49.2 Å². The highest BCUT2D eigenvalue weighted by atomic mass is 35.5. The van der Waals surface area contributed by atoms with Gasteiger partial charge in [0.25, 0.3) is 33.4 Å². The number of H-pyrrole nitrogens is 1. The predicted molar refractivity (Wildman–Crippen MR) is 326 cm³/mol. The number of aromatic nitrogens is 2. The molecule has 0 bridgehead atoms. The molecular weight excluding hydrogens is 1160 g/mol. The number of nitro groups is 1. The number of aromatic amines is 1. The summed E-state index contributed by atoms with van der Waals surface area (Å²) in [6, 6.07) is 24.0. The summed E-state index contributed by atoms with van der Waals surface area (Å²) in [6.45, 7) is 9.69. The molecule has 4 aliphatic heterocycles. The number of hydrogen-bond donors (Lipinski definition) is 4. The minimum absolute atomic E-state index is 0.0194.